The molecule has 1 heterocycles. The highest BCUT2D eigenvalue weighted by Crippen LogP contribution is 2.34. The van der Waals surface area contributed by atoms with Crippen molar-refractivity contribution in [3.63, 3.8) is 0 Å². The normalized spacial score (nSPS) is 11.4. The van der Waals surface area contributed by atoms with Gasteiger partial charge in [0.15, 0.2) is 11.0 Å². The lowest BCUT2D eigenvalue weighted by molar-refractivity contribution is -0.137. The molecule has 0 aliphatic rings. The maximum Gasteiger partial charge on any atom is 0.416 e. The number of carbonyl (C=O) groups is 2. The van der Waals surface area contributed by atoms with E-state index in [0.717, 1.165) is 47.2 Å². The van der Waals surface area contributed by atoms with Crippen LogP contribution in [0, 0.1) is 19.7 Å². The molecule has 4 rings (SSSR count). The summed E-state index contributed by atoms with van der Waals surface area (Å²) in [7, 11) is 0. The lowest BCUT2D eigenvalue weighted by Gasteiger charge is -2.15. The number of halogens is 6. The highest BCUT2D eigenvalue weighted by Gasteiger charge is 2.31. The number of rotatable bonds is 8. The van der Waals surface area contributed by atoms with Crippen molar-refractivity contribution in [1.82, 2.24) is 20.1 Å². The van der Waals surface area contributed by atoms with E-state index in [1.54, 1.807) is 4.57 Å². The quantitative estimate of drug-likeness (QED) is 0.162. The first kappa shape index (κ1) is 30.4. The second-order valence-corrected chi connectivity index (χ2v) is 10.6. The summed E-state index contributed by atoms with van der Waals surface area (Å²) in [5, 5.41) is 13.5. The molecule has 0 atom stereocenters. The van der Waals surface area contributed by atoms with E-state index in [1.165, 1.54) is 12.1 Å². The predicted octanol–water partition coefficient (Wildman–Crippen LogP) is 7.01. The molecule has 4 aromatic rings. The monoisotopic (exact) mass is 625 g/mol. The van der Waals surface area contributed by atoms with Crippen molar-refractivity contribution < 1.29 is 27.2 Å². The molecule has 2 amide bonds. The fourth-order valence-corrected chi connectivity index (χ4v) is 4.96. The number of amides is 2. The molecule has 0 aliphatic carbocycles. The molecule has 3 aromatic carbocycles. The SMILES string of the molecule is Cc1ccc(C)c(-n2c(CNC(=O)c3c(F)cccc3Cl)nnc2SCC(=O)Nc2cc(C(F)(F)F)ccc2Cl)c1. The van der Waals surface area contributed by atoms with E-state index in [0.29, 0.717) is 5.69 Å². The van der Waals surface area contributed by atoms with Crippen molar-refractivity contribution >= 4 is 52.5 Å². The van der Waals surface area contributed by atoms with E-state index >= 15 is 0 Å². The standard InChI is InChI=1S/C27H21Cl2F4N5O2S/c1-14-6-7-15(2)21(10-14)38-22(12-34-25(40)24-18(29)4-3-5-19(24)30)36-37-26(38)41-13-23(39)35-20-11-16(27(31,32)33)8-9-17(20)28/h3-11H,12-13H2,1-2H3,(H,34,40)(H,35,39). The number of hydrogen-bond acceptors (Lipinski definition) is 5. The fourth-order valence-electron chi connectivity index (χ4n) is 3.79. The molecule has 214 valence electrons. The minimum absolute atomic E-state index is 0.0529. The fraction of sp³-hybridized carbons (Fsp3) is 0.185. The summed E-state index contributed by atoms with van der Waals surface area (Å²) < 4.78 is 55.2. The van der Waals surface area contributed by atoms with Gasteiger partial charge in [0.1, 0.15) is 5.82 Å². The van der Waals surface area contributed by atoms with Crippen LogP contribution in [-0.4, -0.2) is 32.3 Å². The molecule has 7 nitrogen and oxygen atoms in total. The summed E-state index contributed by atoms with van der Waals surface area (Å²) in [6, 6.07) is 12.2. The molecule has 0 fully saturated rings. The highest BCUT2D eigenvalue weighted by molar-refractivity contribution is 7.99. The Morgan fingerprint density at radius 3 is 2.46 bits per heavy atom. The smallest absolute Gasteiger partial charge is 0.345 e. The zero-order valence-electron chi connectivity index (χ0n) is 21.4. The Bertz CT molecular complexity index is 1610. The van der Waals surface area contributed by atoms with E-state index in [2.05, 4.69) is 20.8 Å². The molecular weight excluding hydrogens is 605 g/mol. The average molecular weight is 626 g/mol. The van der Waals surface area contributed by atoms with E-state index in [9.17, 15) is 27.2 Å². The molecule has 0 saturated heterocycles. The molecule has 1 aromatic heterocycles. The largest absolute Gasteiger partial charge is 0.416 e. The summed E-state index contributed by atoms with van der Waals surface area (Å²) in [6.45, 7) is 3.58. The number of thioether (sulfide) groups is 1. The van der Waals surface area contributed by atoms with Crippen molar-refractivity contribution in [2.24, 2.45) is 0 Å². The zero-order valence-corrected chi connectivity index (χ0v) is 23.8. The van der Waals surface area contributed by atoms with Gasteiger partial charge in [-0.25, -0.2) is 4.39 Å². The van der Waals surface area contributed by atoms with Gasteiger partial charge in [-0.1, -0.05) is 53.2 Å². The second kappa shape index (κ2) is 12.5. The van der Waals surface area contributed by atoms with Crippen LogP contribution in [0.1, 0.15) is 32.9 Å². The maximum atomic E-state index is 14.2. The van der Waals surface area contributed by atoms with E-state index in [-0.39, 0.29) is 44.6 Å². The van der Waals surface area contributed by atoms with Gasteiger partial charge in [-0.2, -0.15) is 13.2 Å². The number of hydrogen-bond donors (Lipinski definition) is 2. The van der Waals surface area contributed by atoms with Crippen LogP contribution in [0.4, 0.5) is 23.2 Å². The lowest BCUT2D eigenvalue weighted by atomic mass is 10.1. The summed E-state index contributed by atoms with van der Waals surface area (Å²) >= 11 is 13.0. The van der Waals surface area contributed by atoms with Gasteiger partial charge in [-0.05, 0) is 61.4 Å². The number of anilines is 1. The Balaban J connectivity index is 1.57. The molecule has 0 saturated carbocycles. The predicted molar refractivity (Wildman–Crippen MR) is 149 cm³/mol. The summed E-state index contributed by atoms with van der Waals surface area (Å²) in [4.78, 5) is 25.4. The molecule has 0 aliphatic heterocycles. The topological polar surface area (TPSA) is 88.9 Å². The van der Waals surface area contributed by atoms with Crippen molar-refractivity contribution in [2.75, 3.05) is 11.1 Å². The summed E-state index contributed by atoms with van der Waals surface area (Å²) in [5.41, 5.74) is 0.974. The number of benzene rings is 3. The number of nitrogens with zero attached hydrogens (tertiary/aromatic N) is 3. The van der Waals surface area contributed by atoms with E-state index in [1.807, 2.05) is 32.0 Å². The van der Waals surface area contributed by atoms with Gasteiger partial charge in [-0.15, -0.1) is 10.2 Å². The van der Waals surface area contributed by atoms with Crippen molar-refractivity contribution in [2.45, 2.75) is 31.7 Å². The van der Waals surface area contributed by atoms with E-state index in [4.69, 9.17) is 23.2 Å². The van der Waals surface area contributed by atoms with Crippen LogP contribution in [0.15, 0.2) is 59.8 Å². The van der Waals surface area contributed by atoms with Crippen LogP contribution in [-0.2, 0) is 17.5 Å². The van der Waals surface area contributed by atoms with Gasteiger partial charge in [0, 0.05) is 0 Å². The third-order valence-electron chi connectivity index (χ3n) is 5.80. The van der Waals surface area contributed by atoms with Crippen LogP contribution in [0.25, 0.3) is 5.69 Å². The van der Waals surface area contributed by atoms with Crippen LogP contribution in [0.5, 0.6) is 0 Å². The molecule has 2 N–H and O–H groups in total. The number of nitrogens with one attached hydrogen (secondary N) is 2. The summed E-state index contributed by atoms with van der Waals surface area (Å²) in [6.07, 6.45) is -4.61. The molecule has 14 heteroatoms. The number of aromatic nitrogens is 3. The number of alkyl halides is 3. The third-order valence-corrected chi connectivity index (χ3v) is 7.38. The number of carbonyl (C=O) groups excluding carboxylic acids is 2. The van der Waals surface area contributed by atoms with Gasteiger partial charge in [0.2, 0.25) is 5.91 Å². The van der Waals surface area contributed by atoms with Crippen molar-refractivity contribution in [3.05, 3.63) is 98.5 Å². The Morgan fingerprint density at radius 2 is 1.76 bits per heavy atom. The van der Waals surface area contributed by atoms with Crippen molar-refractivity contribution in [3.8, 4) is 5.69 Å². The zero-order chi connectivity index (χ0) is 29.9. The maximum absolute atomic E-state index is 14.2. The van der Waals surface area contributed by atoms with Crippen LogP contribution in [0.3, 0.4) is 0 Å². The van der Waals surface area contributed by atoms with E-state index < -0.39 is 29.4 Å². The molecule has 0 spiro atoms. The first-order valence-electron chi connectivity index (χ1n) is 11.9. The number of aryl methyl sites for hydroxylation is 2. The first-order valence-corrected chi connectivity index (χ1v) is 13.6. The van der Waals surface area contributed by atoms with Gasteiger partial charge in [0.25, 0.3) is 5.91 Å². The van der Waals surface area contributed by atoms with Gasteiger partial charge < -0.3 is 10.6 Å². The second-order valence-electron chi connectivity index (χ2n) is 8.83. The molecule has 0 bridgehead atoms. The minimum atomic E-state index is -4.61. The van der Waals surface area contributed by atoms with Gasteiger partial charge in [0.05, 0.1) is 44.8 Å². The lowest BCUT2D eigenvalue weighted by Crippen LogP contribution is -2.26. The summed E-state index contributed by atoms with van der Waals surface area (Å²) in [5.74, 6) is -2.13. The molecular formula is C27H21Cl2F4N5O2S. The minimum Gasteiger partial charge on any atom is -0.345 e. The van der Waals surface area contributed by atoms with Gasteiger partial charge >= 0.3 is 6.18 Å². The molecule has 0 unspecified atom stereocenters. The first-order chi connectivity index (χ1) is 19.3. The van der Waals surface area contributed by atoms with Gasteiger partial charge in [-0.3, -0.25) is 14.2 Å². The van der Waals surface area contributed by atoms with Crippen LogP contribution < -0.4 is 10.6 Å². The Kier molecular flexibility index (Phi) is 9.25. The third kappa shape index (κ3) is 7.19. The van der Waals surface area contributed by atoms with Crippen LogP contribution >= 0.6 is 35.0 Å². The van der Waals surface area contributed by atoms with Crippen LogP contribution in [0.2, 0.25) is 10.0 Å². The Labute approximate surface area is 246 Å². The average Bonchev–Trinajstić information content (AvgIpc) is 3.30. The highest BCUT2D eigenvalue weighted by atomic mass is 35.5. The molecule has 41 heavy (non-hydrogen) atoms. The Hall–Kier alpha value is -3.61. The van der Waals surface area contributed by atoms with Crippen molar-refractivity contribution in [1.29, 1.82) is 0 Å². The Morgan fingerprint density at radius 1 is 1.00 bits per heavy atom. The molecule has 0 radical (unpaired) electrons.